The Labute approximate surface area is 265 Å². The van der Waals surface area contributed by atoms with Gasteiger partial charge in [-0.1, -0.05) is 91.0 Å². The van der Waals surface area contributed by atoms with Crippen molar-refractivity contribution in [3.8, 4) is 0 Å². The standard InChI is InChI=1S/C34H37F3N2O7/c1-38-31(40)27-17-26(18-39(27)33(41)34(35,36)37)45-32-30(44-21-25-15-9-4-10-16-25)29(43-20-24-13-7-3-8-14-24)28(46-32)22-42-19-23-11-5-2-6-12-23/h2-16,26-30,32H,17-22H2,1H3,(H,38,40)/t26-,27+,28+,29+,30-,32+/m1/s1. The van der Waals surface area contributed by atoms with Crippen LogP contribution in [-0.2, 0) is 53.1 Å². The SMILES string of the molecule is CNC(=O)[C@@H]1C[C@@H](O[C@H]2O[C@@H](COCc3ccccc3)[C@H](OCc3ccccc3)[C@H]2OCc2ccccc2)CN1C(=O)C(F)(F)F. The van der Waals surface area contributed by atoms with Crippen LogP contribution in [0.1, 0.15) is 23.1 Å². The fourth-order valence-electron chi connectivity index (χ4n) is 5.60. The molecular weight excluding hydrogens is 605 g/mol. The van der Waals surface area contributed by atoms with E-state index in [1.54, 1.807) is 0 Å². The lowest BCUT2D eigenvalue weighted by atomic mass is 10.1. The molecule has 6 atom stereocenters. The molecule has 2 saturated heterocycles. The summed E-state index contributed by atoms with van der Waals surface area (Å²) in [5.41, 5.74) is 2.77. The first-order valence-electron chi connectivity index (χ1n) is 15.1. The Morgan fingerprint density at radius 2 is 1.35 bits per heavy atom. The zero-order valence-electron chi connectivity index (χ0n) is 25.3. The van der Waals surface area contributed by atoms with E-state index in [2.05, 4.69) is 5.32 Å². The molecule has 3 aromatic carbocycles. The summed E-state index contributed by atoms with van der Waals surface area (Å²) < 4.78 is 71.6. The van der Waals surface area contributed by atoms with Gasteiger partial charge in [-0.05, 0) is 16.7 Å². The highest BCUT2D eigenvalue weighted by molar-refractivity contribution is 5.90. The quantitative estimate of drug-likeness (QED) is 0.296. The highest BCUT2D eigenvalue weighted by Gasteiger charge is 2.53. The molecule has 2 amide bonds. The third kappa shape index (κ3) is 8.71. The number of alkyl halides is 3. The van der Waals surface area contributed by atoms with Gasteiger partial charge in [0.1, 0.15) is 24.4 Å². The van der Waals surface area contributed by atoms with Crippen LogP contribution >= 0.6 is 0 Å². The topological polar surface area (TPSA) is 95.6 Å². The number of rotatable bonds is 13. The maximum absolute atomic E-state index is 13.4. The summed E-state index contributed by atoms with van der Waals surface area (Å²) in [6.45, 7) is 0.397. The fourth-order valence-corrected chi connectivity index (χ4v) is 5.60. The van der Waals surface area contributed by atoms with Crippen LogP contribution in [0.4, 0.5) is 13.2 Å². The molecule has 9 nitrogen and oxygen atoms in total. The number of hydrogen-bond donors (Lipinski definition) is 1. The van der Waals surface area contributed by atoms with Crippen molar-refractivity contribution in [3.63, 3.8) is 0 Å². The summed E-state index contributed by atoms with van der Waals surface area (Å²) in [7, 11) is 1.30. The largest absolute Gasteiger partial charge is 0.471 e. The Morgan fingerprint density at radius 1 is 0.826 bits per heavy atom. The molecule has 0 unspecified atom stereocenters. The average Bonchev–Trinajstić information content (AvgIpc) is 3.63. The van der Waals surface area contributed by atoms with E-state index in [0.717, 1.165) is 16.7 Å². The first kappa shape index (κ1) is 33.6. The molecule has 0 spiro atoms. The van der Waals surface area contributed by atoms with Gasteiger partial charge in [-0.25, -0.2) is 0 Å². The van der Waals surface area contributed by atoms with E-state index < -0.39 is 61.3 Å². The first-order valence-corrected chi connectivity index (χ1v) is 15.1. The predicted molar refractivity (Wildman–Crippen MR) is 160 cm³/mol. The minimum atomic E-state index is -5.15. The molecule has 46 heavy (non-hydrogen) atoms. The number of amides is 2. The van der Waals surface area contributed by atoms with E-state index in [-0.39, 0.29) is 26.2 Å². The van der Waals surface area contributed by atoms with Crippen molar-refractivity contribution in [2.45, 2.75) is 69.2 Å². The molecule has 5 rings (SSSR count). The van der Waals surface area contributed by atoms with Crippen molar-refractivity contribution in [2.24, 2.45) is 0 Å². The third-order valence-corrected chi connectivity index (χ3v) is 7.87. The molecule has 3 aromatic rings. The normalized spacial score (nSPS) is 24.7. The molecule has 0 aromatic heterocycles. The number of nitrogens with one attached hydrogen (secondary N) is 1. The van der Waals surface area contributed by atoms with Crippen molar-refractivity contribution >= 4 is 11.8 Å². The lowest BCUT2D eigenvalue weighted by Gasteiger charge is -2.26. The average molecular weight is 643 g/mol. The fraction of sp³-hybridized carbons (Fsp3) is 0.412. The van der Waals surface area contributed by atoms with Gasteiger partial charge in [-0.3, -0.25) is 9.59 Å². The molecule has 1 N–H and O–H groups in total. The van der Waals surface area contributed by atoms with Crippen LogP contribution in [0.3, 0.4) is 0 Å². The lowest BCUT2D eigenvalue weighted by Crippen LogP contribution is -2.49. The Hall–Kier alpha value is -3.81. The van der Waals surface area contributed by atoms with Crippen molar-refractivity contribution < 1.29 is 46.4 Å². The number of carbonyl (C=O) groups is 2. The molecule has 12 heteroatoms. The Bertz CT molecular complexity index is 1400. The maximum Gasteiger partial charge on any atom is 0.471 e. The zero-order chi connectivity index (χ0) is 32.5. The van der Waals surface area contributed by atoms with Gasteiger partial charge in [0.25, 0.3) is 0 Å². The number of likely N-dealkylation sites (tertiary alicyclic amines) is 1. The van der Waals surface area contributed by atoms with E-state index in [0.29, 0.717) is 11.5 Å². The van der Waals surface area contributed by atoms with Crippen molar-refractivity contribution in [1.29, 1.82) is 0 Å². The van der Waals surface area contributed by atoms with Gasteiger partial charge in [-0.15, -0.1) is 0 Å². The third-order valence-electron chi connectivity index (χ3n) is 7.87. The second-order valence-electron chi connectivity index (χ2n) is 11.1. The van der Waals surface area contributed by atoms with Crippen LogP contribution in [-0.4, -0.2) is 79.8 Å². The number of nitrogens with zero attached hydrogens (tertiary/aromatic N) is 1. The van der Waals surface area contributed by atoms with Crippen LogP contribution in [0.25, 0.3) is 0 Å². The summed E-state index contributed by atoms with van der Waals surface area (Å²) in [5, 5.41) is 2.34. The van der Waals surface area contributed by atoms with Gasteiger partial charge in [0.2, 0.25) is 5.91 Å². The van der Waals surface area contributed by atoms with E-state index in [1.165, 1.54) is 7.05 Å². The molecular formula is C34H37F3N2O7. The molecule has 0 saturated carbocycles. The lowest BCUT2D eigenvalue weighted by molar-refractivity contribution is -0.206. The second-order valence-corrected chi connectivity index (χ2v) is 11.1. The van der Waals surface area contributed by atoms with Crippen LogP contribution in [0, 0.1) is 0 Å². The van der Waals surface area contributed by atoms with Crippen molar-refractivity contribution in [3.05, 3.63) is 108 Å². The first-order chi connectivity index (χ1) is 22.2. The number of halogens is 3. The van der Waals surface area contributed by atoms with Gasteiger partial charge in [0.05, 0.1) is 32.5 Å². The Kier molecular flexibility index (Phi) is 11.4. The summed E-state index contributed by atoms with van der Waals surface area (Å²) in [6, 6.07) is 27.2. The van der Waals surface area contributed by atoms with Crippen molar-refractivity contribution in [2.75, 3.05) is 20.2 Å². The Balaban J connectivity index is 1.36. The van der Waals surface area contributed by atoms with E-state index in [4.69, 9.17) is 23.7 Å². The van der Waals surface area contributed by atoms with E-state index in [9.17, 15) is 22.8 Å². The minimum Gasteiger partial charge on any atom is -0.374 e. The molecule has 2 aliphatic heterocycles. The van der Waals surface area contributed by atoms with E-state index >= 15 is 0 Å². The summed E-state index contributed by atoms with van der Waals surface area (Å²) in [6.07, 6.45) is -9.51. The smallest absolute Gasteiger partial charge is 0.374 e. The highest BCUT2D eigenvalue weighted by atomic mass is 19.4. The van der Waals surface area contributed by atoms with Gasteiger partial charge >= 0.3 is 12.1 Å². The van der Waals surface area contributed by atoms with Gasteiger partial charge in [0.15, 0.2) is 6.29 Å². The van der Waals surface area contributed by atoms with Crippen LogP contribution in [0.15, 0.2) is 91.0 Å². The Morgan fingerprint density at radius 3 is 1.87 bits per heavy atom. The van der Waals surface area contributed by atoms with Gasteiger partial charge < -0.3 is 33.9 Å². The van der Waals surface area contributed by atoms with Gasteiger partial charge in [0, 0.05) is 20.0 Å². The van der Waals surface area contributed by atoms with Crippen LogP contribution in [0.2, 0.25) is 0 Å². The molecule has 2 heterocycles. The minimum absolute atomic E-state index is 0.115. The highest BCUT2D eigenvalue weighted by Crippen LogP contribution is 2.34. The van der Waals surface area contributed by atoms with Gasteiger partial charge in [-0.2, -0.15) is 13.2 Å². The number of ether oxygens (including phenoxy) is 5. The maximum atomic E-state index is 13.4. The number of hydrogen-bond acceptors (Lipinski definition) is 7. The summed E-state index contributed by atoms with van der Waals surface area (Å²) in [4.78, 5) is 25.2. The number of benzene rings is 3. The number of carbonyl (C=O) groups excluding carboxylic acids is 2. The molecule has 0 aliphatic carbocycles. The van der Waals surface area contributed by atoms with Crippen molar-refractivity contribution in [1.82, 2.24) is 10.2 Å². The second kappa shape index (κ2) is 15.7. The number of likely N-dealkylation sites (N-methyl/N-ethyl adjacent to an activating group) is 1. The monoisotopic (exact) mass is 642 g/mol. The summed E-state index contributed by atoms with van der Waals surface area (Å²) in [5.74, 6) is -2.82. The summed E-state index contributed by atoms with van der Waals surface area (Å²) >= 11 is 0. The molecule has 2 fully saturated rings. The molecule has 246 valence electrons. The van der Waals surface area contributed by atoms with E-state index in [1.807, 2.05) is 91.0 Å². The zero-order valence-corrected chi connectivity index (χ0v) is 25.3. The molecule has 0 radical (unpaired) electrons. The molecule has 0 bridgehead atoms. The predicted octanol–water partition coefficient (Wildman–Crippen LogP) is 4.39. The van der Waals surface area contributed by atoms with Crippen LogP contribution < -0.4 is 5.32 Å². The molecule has 2 aliphatic rings. The van der Waals surface area contributed by atoms with Crippen LogP contribution in [0.5, 0.6) is 0 Å².